The number of carbonyl (C=O) groups excluding carboxylic acids is 1. The number of carbonyl (C=O) groups is 1. The monoisotopic (exact) mass is 269 g/mol. The summed E-state index contributed by atoms with van der Waals surface area (Å²) in [4.78, 5) is 12.3. The van der Waals surface area contributed by atoms with Gasteiger partial charge < -0.3 is 14.8 Å². The highest BCUT2D eigenvalue weighted by Crippen LogP contribution is 2.34. The van der Waals surface area contributed by atoms with Crippen molar-refractivity contribution in [3.63, 3.8) is 0 Å². The van der Waals surface area contributed by atoms with Gasteiger partial charge in [-0.3, -0.25) is 4.79 Å². The molecule has 1 amide bonds. The number of rotatable bonds is 2. The second-order valence-electron chi connectivity index (χ2n) is 4.84. The largest absolute Gasteiger partial charge is 0.454 e. The molecule has 102 valence electrons. The number of ether oxygens (including phenoxy) is 2. The standard InChI is InChI=1S/C16H15NO3/c1-10-3-5-12(6-4-10)17-16(18)13-8-15-14(7-11(13)2)19-9-20-15/h3-8H,9H2,1-2H3,(H,17,18). The number of amides is 1. The van der Waals surface area contributed by atoms with Gasteiger partial charge in [-0.2, -0.15) is 0 Å². The molecule has 1 aliphatic rings. The molecular formula is C16H15NO3. The van der Waals surface area contributed by atoms with E-state index >= 15 is 0 Å². The lowest BCUT2D eigenvalue weighted by Gasteiger charge is -2.09. The zero-order valence-electron chi connectivity index (χ0n) is 11.4. The molecule has 0 atom stereocenters. The highest BCUT2D eigenvalue weighted by Gasteiger charge is 2.19. The molecule has 0 aromatic heterocycles. The van der Waals surface area contributed by atoms with E-state index in [4.69, 9.17) is 9.47 Å². The summed E-state index contributed by atoms with van der Waals surface area (Å²) in [6.45, 7) is 4.09. The molecule has 1 N–H and O–H groups in total. The summed E-state index contributed by atoms with van der Waals surface area (Å²) >= 11 is 0. The van der Waals surface area contributed by atoms with E-state index in [9.17, 15) is 4.79 Å². The lowest BCUT2D eigenvalue weighted by molar-refractivity contribution is 0.102. The van der Waals surface area contributed by atoms with Crippen LogP contribution in [0.15, 0.2) is 36.4 Å². The third kappa shape index (κ3) is 2.32. The number of hydrogen-bond donors (Lipinski definition) is 1. The van der Waals surface area contributed by atoms with E-state index in [2.05, 4.69) is 5.32 Å². The zero-order chi connectivity index (χ0) is 14.1. The number of anilines is 1. The Hall–Kier alpha value is -2.49. The molecule has 0 unspecified atom stereocenters. The molecule has 4 heteroatoms. The van der Waals surface area contributed by atoms with Crippen molar-refractivity contribution in [1.82, 2.24) is 0 Å². The van der Waals surface area contributed by atoms with Gasteiger partial charge in [-0.15, -0.1) is 0 Å². The van der Waals surface area contributed by atoms with Crippen LogP contribution in [-0.2, 0) is 0 Å². The summed E-state index contributed by atoms with van der Waals surface area (Å²) in [6, 6.07) is 11.2. The molecule has 3 rings (SSSR count). The third-order valence-electron chi connectivity index (χ3n) is 3.27. The zero-order valence-corrected chi connectivity index (χ0v) is 11.4. The van der Waals surface area contributed by atoms with Crippen molar-refractivity contribution in [2.24, 2.45) is 0 Å². The van der Waals surface area contributed by atoms with Crippen molar-refractivity contribution >= 4 is 11.6 Å². The maximum Gasteiger partial charge on any atom is 0.256 e. The Morgan fingerprint density at radius 2 is 1.70 bits per heavy atom. The summed E-state index contributed by atoms with van der Waals surface area (Å²) in [7, 11) is 0. The minimum absolute atomic E-state index is 0.148. The molecule has 4 nitrogen and oxygen atoms in total. The van der Waals surface area contributed by atoms with E-state index in [-0.39, 0.29) is 12.7 Å². The first-order chi connectivity index (χ1) is 9.63. The molecule has 0 bridgehead atoms. The average Bonchev–Trinajstić information content (AvgIpc) is 2.87. The maximum absolute atomic E-state index is 12.3. The minimum atomic E-state index is -0.148. The Morgan fingerprint density at radius 1 is 1.05 bits per heavy atom. The van der Waals surface area contributed by atoms with E-state index in [0.717, 1.165) is 16.8 Å². The van der Waals surface area contributed by atoms with Crippen LogP contribution < -0.4 is 14.8 Å². The highest BCUT2D eigenvalue weighted by atomic mass is 16.7. The van der Waals surface area contributed by atoms with Crippen LogP contribution in [0.3, 0.4) is 0 Å². The Balaban J connectivity index is 1.85. The number of hydrogen-bond acceptors (Lipinski definition) is 3. The van der Waals surface area contributed by atoms with Crippen LogP contribution in [0, 0.1) is 13.8 Å². The number of aryl methyl sites for hydroxylation is 2. The van der Waals surface area contributed by atoms with Gasteiger partial charge in [0.2, 0.25) is 6.79 Å². The average molecular weight is 269 g/mol. The second-order valence-corrected chi connectivity index (χ2v) is 4.84. The molecule has 0 spiro atoms. The van der Waals surface area contributed by atoms with E-state index in [0.29, 0.717) is 17.1 Å². The SMILES string of the molecule is Cc1ccc(NC(=O)c2cc3c(cc2C)OCO3)cc1. The lowest BCUT2D eigenvalue weighted by atomic mass is 10.1. The van der Waals surface area contributed by atoms with Gasteiger partial charge in [-0.1, -0.05) is 17.7 Å². The molecule has 0 fully saturated rings. The Kier molecular flexibility index (Phi) is 3.06. The van der Waals surface area contributed by atoms with Crippen molar-refractivity contribution in [3.05, 3.63) is 53.1 Å². The van der Waals surface area contributed by atoms with Gasteiger partial charge >= 0.3 is 0 Å². The normalized spacial score (nSPS) is 12.3. The predicted molar refractivity (Wildman–Crippen MR) is 76.4 cm³/mol. The van der Waals surface area contributed by atoms with E-state index in [1.54, 1.807) is 6.07 Å². The van der Waals surface area contributed by atoms with Crippen LogP contribution in [0.5, 0.6) is 11.5 Å². The van der Waals surface area contributed by atoms with Gasteiger partial charge in [0.15, 0.2) is 11.5 Å². The third-order valence-corrected chi connectivity index (χ3v) is 3.27. The van der Waals surface area contributed by atoms with Gasteiger partial charge in [0.1, 0.15) is 0 Å². The molecule has 0 radical (unpaired) electrons. The van der Waals surface area contributed by atoms with Gasteiger partial charge in [0.25, 0.3) is 5.91 Å². The van der Waals surface area contributed by atoms with Crippen LogP contribution in [0.1, 0.15) is 21.5 Å². The molecule has 0 saturated heterocycles. The van der Waals surface area contributed by atoms with Gasteiger partial charge in [0, 0.05) is 11.3 Å². The maximum atomic E-state index is 12.3. The number of nitrogens with one attached hydrogen (secondary N) is 1. The molecule has 0 saturated carbocycles. The van der Waals surface area contributed by atoms with Crippen LogP contribution in [0.25, 0.3) is 0 Å². The van der Waals surface area contributed by atoms with Crippen molar-refractivity contribution in [2.45, 2.75) is 13.8 Å². The molecule has 1 heterocycles. The van der Waals surface area contributed by atoms with E-state index in [1.807, 2.05) is 44.2 Å². The van der Waals surface area contributed by atoms with Gasteiger partial charge in [-0.25, -0.2) is 0 Å². The van der Waals surface area contributed by atoms with Crippen molar-refractivity contribution < 1.29 is 14.3 Å². The molecule has 2 aromatic carbocycles. The fourth-order valence-electron chi connectivity index (χ4n) is 2.12. The predicted octanol–water partition coefficient (Wildman–Crippen LogP) is 3.28. The van der Waals surface area contributed by atoms with E-state index < -0.39 is 0 Å². The van der Waals surface area contributed by atoms with Crippen molar-refractivity contribution in [2.75, 3.05) is 12.1 Å². The number of fused-ring (bicyclic) bond motifs is 1. The van der Waals surface area contributed by atoms with Crippen LogP contribution in [0.2, 0.25) is 0 Å². The second kappa shape index (κ2) is 4.89. The summed E-state index contributed by atoms with van der Waals surface area (Å²) in [5.74, 6) is 1.16. The van der Waals surface area contributed by atoms with Crippen LogP contribution in [0.4, 0.5) is 5.69 Å². The molecule has 2 aromatic rings. The van der Waals surface area contributed by atoms with Gasteiger partial charge in [-0.05, 0) is 43.7 Å². The summed E-state index contributed by atoms with van der Waals surface area (Å²) in [5.41, 5.74) is 3.38. The summed E-state index contributed by atoms with van der Waals surface area (Å²) in [6.07, 6.45) is 0. The lowest BCUT2D eigenvalue weighted by Crippen LogP contribution is -2.13. The summed E-state index contributed by atoms with van der Waals surface area (Å²) < 4.78 is 10.6. The van der Waals surface area contributed by atoms with Crippen molar-refractivity contribution in [1.29, 1.82) is 0 Å². The van der Waals surface area contributed by atoms with Crippen LogP contribution in [-0.4, -0.2) is 12.7 Å². The Labute approximate surface area is 117 Å². The smallest absolute Gasteiger partial charge is 0.256 e. The Bertz CT molecular complexity index is 662. The molecular weight excluding hydrogens is 254 g/mol. The molecule has 0 aliphatic carbocycles. The highest BCUT2D eigenvalue weighted by molar-refractivity contribution is 6.05. The fourth-order valence-corrected chi connectivity index (χ4v) is 2.12. The minimum Gasteiger partial charge on any atom is -0.454 e. The van der Waals surface area contributed by atoms with Crippen LogP contribution >= 0.6 is 0 Å². The number of benzene rings is 2. The fraction of sp³-hybridized carbons (Fsp3) is 0.188. The quantitative estimate of drug-likeness (QED) is 0.910. The first kappa shape index (κ1) is 12.5. The first-order valence-corrected chi connectivity index (χ1v) is 6.42. The topological polar surface area (TPSA) is 47.6 Å². The van der Waals surface area contributed by atoms with Gasteiger partial charge in [0.05, 0.1) is 0 Å². The van der Waals surface area contributed by atoms with Crippen molar-refractivity contribution in [3.8, 4) is 11.5 Å². The van der Waals surface area contributed by atoms with E-state index in [1.165, 1.54) is 0 Å². The Morgan fingerprint density at radius 3 is 2.40 bits per heavy atom. The molecule has 20 heavy (non-hydrogen) atoms. The molecule has 1 aliphatic heterocycles. The summed E-state index contributed by atoms with van der Waals surface area (Å²) in [5, 5.41) is 2.88. The first-order valence-electron chi connectivity index (χ1n) is 6.42.